The number of ketones is 1. The second kappa shape index (κ2) is 9.00. The lowest BCUT2D eigenvalue weighted by Gasteiger charge is -2.18. The number of rotatable bonds is 7. The fraction of sp³-hybridized carbons (Fsp3) is 0.167. The SMILES string of the molecule is CCC(Oc1ccc(-c2ccccc2)cc1)C(=O)Nc1cccc(C(C)=O)c1. The molecule has 0 saturated heterocycles. The smallest absolute Gasteiger partial charge is 0.265 e. The minimum absolute atomic E-state index is 0.0436. The van der Waals surface area contributed by atoms with E-state index in [0.29, 0.717) is 23.4 Å². The summed E-state index contributed by atoms with van der Waals surface area (Å²) in [5.41, 5.74) is 3.36. The van der Waals surface area contributed by atoms with E-state index < -0.39 is 6.10 Å². The Morgan fingerprint density at radius 1 is 0.893 bits per heavy atom. The molecule has 3 rings (SSSR count). The summed E-state index contributed by atoms with van der Waals surface area (Å²) in [5, 5.41) is 2.83. The van der Waals surface area contributed by atoms with Crippen molar-refractivity contribution in [3.8, 4) is 16.9 Å². The van der Waals surface area contributed by atoms with Crippen LogP contribution in [0.4, 0.5) is 5.69 Å². The van der Waals surface area contributed by atoms with E-state index in [-0.39, 0.29) is 11.7 Å². The number of Topliss-reactive ketones (excluding diaryl/α,β-unsaturated/α-hetero) is 1. The first-order valence-corrected chi connectivity index (χ1v) is 9.31. The van der Waals surface area contributed by atoms with E-state index in [1.54, 1.807) is 24.3 Å². The van der Waals surface area contributed by atoms with Crippen LogP contribution in [0, 0.1) is 0 Å². The minimum atomic E-state index is -0.622. The number of carbonyl (C=O) groups excluding carboxylic acids is 2. The Morgan fingerprint density at radius 2 is 1.57 bits per heavy atom. The van der Waals surface area contributed by atoms with E-state index in [9.17, 15) is 9.59 Å². The summed E-state index contributed by atoms with van der Waals surface area (Å²) >= 11 is 0. The van der Waals surface area contributed by atoms with Gasteiger partial charge in [-0.05, 0) is 48.7 Å². The van der Waals surface area contributed by atoms with Crippen molar-refractivity contribution in [3.63, 3.8) is 0 Å². The number of benzene rings is 3. The van der Waals surface area contributed by atoms with Crippen LogP contribution in [-0.2, 0) is 4.79 Å². The van der Waals surface area contributed by atoms with Gasteiger partial charge in [0.25, 0.3) is 5.91 Å². The molecule has 0 saturated carbocycles. The number of hydrogen-bond donors (Lipinski definition) is 1. The number of carbonyl (C=O) groups is 2. The molecule has 4 heteroatoms. The van der Waals surface area contributed by atoms with Crippen molar-refractivity contribution in [2.24, 2.45) is 0 Å². The van der Waals surface area contributed by atoms with Crippen LogP contribution in [0.2, 0.25) is 0 Å². The predicted octanol–water partition coefficient (Wildman–Crippen LogP) is 5.35. The first-order valence-electron chi connectivity index (χ1n) is 9.31. The molecular weight excluding hydrogens is 350 g/mol. The molecule has 3 aromatic rings. The average molecular weight is 373 g/mol. The van der Waals surface area contributed by atoms with Gasteiger partial charge >= 0.3 is 0 Å². The third-order valence-corrected chi connectivity index (χ3v) is 4.44. The number of amides is 1. The van der Waals surface area contributed by atoms with Gasteiger partial charge in [-0.25, -0.2) is 0 Å². The quantitative estimate of drug-likeness (QED) is 0.568. The van der Waals surface area contributed by atoms with E-state index in [1.807, 2.05) is 61.5 Å². The maximum Gasteiger partial charge on any atom is 0.265 e. The largest absolute Gasteiger partial charge is 0.481 e. The van der Waals surface area contributed by atoms with Gasteiger partial charge in [0.15, 0.2) is 11.9 Å². The van der Waals surface area contributed by atoms with Crippen LogP contribution in [0.3, 0.4) is 0 Å². The number of nitrogens with one attached hydrogen (secondary N) is 1. The van der Waals surface area contributed by atoms with Crippen molar-refractivity contribution < 1.29 is 14.3 Å². The Balaban J connectivity index is 1.67. The molecule has 0 aliphatic heterocycles. The van der Waals surface area contributed by atoms with Crippen molar-refractivity contribution in [3.05, 3.63) is 84.4 Å². The van der Waals surface area contributed by atoms with Gasteiger partial charge in [-0.1, -0.05) is 61.5 Å². The van der Waals surface area contributed by atoms with Crippen molar-refractivity contribution in [2.45, 2.75) is 26.4 Å². The molecule has 1 atom stereocenters. The number of anilines is 1. The fourth-order valence-corrected chi connectivity index (χ4v) is 2.88. The zero-order chi connectivity index (χ0) is 19.9. The molecule has 0 fully saturated rings. The number of hydrogen-bond acceptors (Lipinski definition) is 3. The van der Waals surface area contributed by atoms with E-state index in [0.717, 1.165) is 11.1 Å². The molecule has 1 amide bonds. The molecular formula is C24H23NO3. The van der Waals surface area contributed by atoms with Gasteiger partial charge in [-0.3, -0.25) is 9.59 Å². The molecule has 0 bridgehead atoms. The summed E-state index contributed by atoms with van der Waals surface area (Å²) in [7, 11) is 0. The molecule has 0 aliphatic rings. The highest BCUT2D eigenvalue weighted by atomic mass is 16.5. The van der Waals surface area contributed by atoms with Gasteiger partial charge in [0, 0.05) is 11.3 Å². The van der Waals surface area contributed by atoms with Crippen molar-refractivity contribution in [2.75, 3.05) is 5.32 Å². The first-order chi connectivity index (χ1) is 13.6. The van der Waals surface area contributed by atoms with Gasteiger partial charge in [0.05, 0.1) is 0 Å². The third-order valence-electron chi connectivity index (χ3n) is 4.44. The van der Waals surface area contributed by atoms with E-state index in [1.165, 1.54) is 6.92 Å². The summed E-state index contributed by atoms with van der Waals surface area (Å²) in [6.45, 7) is 3.40. The summed E-state index contributed by atoms with van der Waals surface area (Å²) in [5.74, 6) is 0.354. The van der Waals surface area contributed by atoms with Gasteiger partial charge in [0.2, 0.25) is 0 Å². The molecule has 28 heavy (non-hydrogen) atoms. The summed E-state index contributed by atoms with van der Waals surface area (Å²) in [4.78, 5) is 24.1. The van der Waals surface area contributed by atoms with Crippen molar-refractivity contribution in [1.29, 1.82) is 0 Å². The highest BCUT2D eigenvalue weighted by Crippen LogP contribution is 2.23. The molecule has 0 radical (unpaired) electrons. The molecule has 1 unspecified atom stereocenters. The van der Waals surface area contributed by atoms with Crippen LogP contribution in [0.5, 0.6) is 5.75 Å². The Hall–Kier alpha value is -3.40. The summed E-state index contributed by atoms with van der Waals surface area (Å²) in [6, 6.07) is 24.7. The van der Waals surface area contributed by atoms with Crippen LogP contribution in [0.25, 0.3) is 11.1 Å². The van der Waals surface area contributed by atoms with Crippen LogP contribution in [0.1, 0.15) is 30.6 Å². The molecule has 0 aliphatic carbocycles. The number of ether oxygens (including phenoxy) is 1. The third kappa shape index (κ3) is 4.86. The Labute approximate surface area is 165 Å². The van der Waals surface area contributed by atoms with Crippen LogP contribution < -0.4 is 10.1 Å². The standard InChI is InChI=1S/C24H23NO3/c1-3-23(24(27)25-21-11-7-10-20(16-21)17(2)26)28-22-14-12-19(13-15-22)18-8-5-4-6-9-18/h4-16,23H,3H2,1-2H3,(H,25,27). The molecule has 0 aromatic heterocycles. The normalized spacial score (nSPS) is 11.5. The Bertz CT molecular complexity index is 949. The molecule has 0 heterocycles. The van der Waals surface area contributed by atoms with E-state index >= 15 is 0 Å². The fourth-order valence-electron chi connectivity index (χ4n) is 2.88. The predicted molar refractivity (Wildman–Crippen MR) is 112 cm³/mol. The van der Waals surface area contributed by atoms with E-state index in [2.05, 4.69) is 5.32 Å². The molecule has 3 aromatic carbocycles. The minimum Gasteiger partial charge on any atom is -0.481 e. The lowest BCUT2D eigenvalue weighted by atomic mass is 10.1. The van der Waals surface area contributed by atoms with Crippen molar-refractivity contribution in [1.82, 2.24) is 0 Å². The maximum atomic E-state index is 12.6. The van der Waals surface area contributed by atoms with Crippen LogP contribution in [-0.4, -0.2) is 17.8 Å². The maximum absolute atomic E-state index is 12.6. The highest BCUT2D eigenvalue weighted by molar-refractivity contribution is 5.98. The summed E-state index contributed by atoms with van der Waals surface area (Å²) in [6.07, 6.45) is -0.0952. The topological polar surface area (TPSA) is 55.4 Å². The lowest BCUT2D eigenvalue weighted by Crippen LogP contribution is -2.32. The van der Waals surface area contributed by atoms with Gasteiger partial charge in [-0.15, -0.1) is 0 Å². The monoisotopic (exact) mass is 373 g/mol. The molecule has 4 nitrogen and oxygen atoms in total. The zero-order valence-electron chi connectivity index (χ0n) is 16.0. The van der Waals surface area contributed by atoms with Gasteiger partial charge in [-0.2, -0.15) is 0 Å². The second-order valence-corrected chi connectivity index (χ2v) is 6.53. The lowest BCUT2D eigenvalue weighted by molar-refractivity contribution is -0.122. The van der Waals surface area contributed by atoms with E-state index in [4.69, 9.17) is 4.74 Å². The second-order valence-electron chi connectivity index (χ2n) is 6.53. The highest BCUT2D eigenvalue weighted by Gasteiger charge is 2.19. The van der Waals surface area contributed by atoms with Crippen LogP contribution >= 0.6 is 0 Å². The van der Waals surface area contributed by atoms with Gasteiger partial charge < -0.3 is 10.1 Å². The first kappa shape index (κ1) is 19.4. The van der Waals surface area contributed by atoms with Crippen LogP contribution in [0.15, 0.2) is 78.9 Å². The molecule has 142 valence electrons. The Kier molecular flexibility index (Phi) is 6.22. The zero-order valence-corrected chi connectivity index (χ0v) is 16.0. The molecule has 1 N–H and O–H groups in total. The molecule has 0 spiro atoms. The Morgan fingerprint density at radius 3 is 2.21 bits per heavy atom. The van der Waals surface area contributed by atoms with Gasteiger partial charge in [0.1, 0.15) is 5.75 Å². The average Bonchev–Trinajstić information content (AvgIpc) is 2.73. The van der Waals surface area contributed by atoms with Crippen molar-refractivity contribution >= 4 is 17.4 Å². The summed E-state index contributed by atoms with van der Waals surface area (Å²) < 4.78 is 5.89.